The molecule has 0 amide bonds. The summed E-state index contributed by atoms with van der Waals surface area (Å²) in [4.78, 5) is 2.12. The van der Waals surface area contributed by atoms with Crippen molar-refractivity contribution in [1.82, 2.24) is 0 Å². The zero-order valence-electron chi connectivity index (χ0n) is 19.9. The molecule has 6 rings (SSSR count). The zero-order chi connectivity index (χ0) is 23.3. The Morgan fingerprint density at radius 3 is 2.41 bits per heavy atom. The first-order valence-electron chi connectivity index (χ1n) is 12.8. The first kappa shape index (κ1) is 22.2. The Hall–Kier alpha value is -2.23. The fraction of sp³-hybridized carbons (Fsp3) is 0.419. The number of hydrogen-bond donors (Lipinski definition) is 2. The highest BCUT2D eigenvalue weighted by Gasteiger charge is 2.61. The number of fused-ring (bicyclic) bond motifs is 5. The number of hydrogen-bond acceptors (Lipinski definition) is 3. The van der Waals surface area contributed by atoms with Gasteiger partial charge in [-0.3, -0.25) is 0 Å². The quantitative estimate of drug-likeness (QED) is 0.418. The van der Waals surface area contributed by atoms with Gasteiger partial charge in [0.25, 0.3) is 0 Å². The van der Waals surface area contributed by atoms with Crippen LogP contribution in [0.25, 0.3) is 0 Å². The molecule has 0 saturated heterocycles. The molecule has 3 heteroatoms. The third-order valence-electron chi connectivity index (χ3n) is 9.44. The van der Waals surface area contributed by atoms with Gasteiger partial charge in [0.15, 0.2) is 0 Å². The minimum atomic E-state index is -0.618. The van der Waals surface area contributed by atoms with Crippen LogP contribution in [0, 0.1) is 17.3 Å². The van der Waals surface area contributed by atoms with E-state index in [4.69, 9.17) is 0 Å². The maximum Gasteiger partial charge on any atom is 0.129 e. The van der Waals surface area contributed by atoms with E-state index in [2.05, 4.69) is 55.5 Å². The van der Waals surface area contributed by atoms with Crippen LogP contribution in [0.15, 0.2) is 82.6 Å². The van der Waals surface area contributed by atoms with Gasteiger partial charge in [-0.2, -0.15) is 0 Å². The highest BCUT2D eigenvalue weighted by atomic mass is 32.2. The molecule has 2 nitrogen and oxygen atoms in total. The molecule has 3 aliphatic carbocycles. The van der Waals surface area contributed by atoms with Crippen molar-refractivity contribution >= 4 is 11.8 Å². The van der Waals surface area contributed by atoms with E-state index in [-0.39, 0.29) is 5.41 Å². The monoisotopic (exact) mass is 470 g/mol. The lowest BCUT2D eigenvalue weighted by atomic mass is 9.53. The van der Waals surface area contributed by atoms with Gasteiger partial charge in [0.1, 0.15) is 5.75 Å². The summed E-state index contributed by atoms with van der Waals surface area (Å²) in [5, 5.41) is 22.8. The molecule has 34 heavy (non-hydrogen) atoms. The molecule has 2 saturated carbocycles. The maximum absolute atomic E-state index is 12.0. The van der Waals surface area contributed by atoms with Crippen LogP contribution in [0.1, 0.15) is 61.6 Å². The van der Waals surface area contributed by atoms with E-state index in [1.807, 2.05) is 24.3 Å². The van der Waals surface area contributed by atoms with Crippen molar-refractivity contribution in [3.63, 3.8) is 0 Å². The van der Waals surface area contributed by atoms with Gasteiger partial charge < -0.3 is 10.2 Å². The molecule has 0 bridgehead atoms. The van der Waals surface area contributed by atoms with Gasteiger partial charge in [-0.05, 0) is 103 Å². The minimum Gasteiger partial charge on any atom is -0.507 e. The largest absolute Gasteiger partial charge is 0.507 e. The lowest BCUT2D eigenvalue weighted by Gasteiger charge is -2.53. The van der Waals surface area contributed by atoms with E-state index < -0.39 is 5.60 Å². The molecule has 2 N–H and O–H groups in total. The fourth-order valence-electron chi connectivity index (χ4n) is 7.62. The Morgan fingerprint density at radius 1 is 0.912 bits per heavy atom. The number of phenolic OH excluding ortho intramolecular Hbond substituents is 1. The summed E-state index contributed by atoms with van der Waals surface area (Å²) in [7, 11) is 0. The predicted octanol–water partition coefficient (Wildman–Crippen LogP) is 7.37. The van der Waals surface area contributed by atoms with Crippen molar-refractivity contribution in [2.24, 2.45) is 17.3 Å². The first-order chi connectivity index (χ1) is 16.5. The zero-order valence-corrected chi connectivity index (χ0v) is 20.7. The molecule has 3 aliphatic rings. The Labute approximate surface area is 207 Å². The third kappa shape index (κ3) is 3.60. The van der Waals surface area contributed by atoms with Crippen LogP contribution in [-0.4, -0.2) is 15.8 Å². The molecule has 3 aromatic carbocycles. The smallest absolute Gasteiger partial charge is 0.129 e. The fourth-order valence-corrected chi connectivity index (χ4v) is 8.52. The van der Waals surface area contributed by atoms with Gasteiger partial charge in [0, 0.05) is 11.3 Å². The van der Waals surface area contributed by atoms with Crippen LogP contribution in [0.2, 0.25) is 0 Å². The van der Waals surface area contributed by atoms with Crippen molar-refractivity contribution in [1.29, 1.82) is 0 Å². The SMILES string of the molecule is C[C@]12CCC3c4cc(Sc5ccccc5)c(O)cc4CCC3C1CC[C@@]2(O)Cc1ccccc1. The van der Waals surface area contributed by atoms with Crippen molar-refractivity contribution in [2.45, 2.75) is 73.2 Å². The second-order valence-electron chi connectivity index (χ2n) is 11.0. The Morgan fingerprint density at radius 2 is 1.65 bits per heavy atom. The second kappa shape index (κ2) is 8.46. The Bertz CT molecular complexity index is 1180. The van der Waals surface area contributed by atoms with Gasteiger partial charge in [0.05, 0.1) is 10.5 Å². The standard InChI is InChI=1S/C31H34O2S/c1-30-16-14-24-25(27(30)15-17-31(30,33)20-21-8-4-2-5-9-21)13-12-22-18-28(32)29(19-26(22)24)34-23-10-6-3-7-11-23/h2-11,18-19,24-25,27,32-33H,12-17,20H2,1H3/t24?,25?,27?,30-,31+/m0/s1. The summed E-state index contributed by atoms with van der Waals surface area (Å²) in [5.74, 6) is 2.13. The number of aromatic hydroxyl groups is 1. The highest BCUT2D eigenvalue weighted by Crippen LogP contribution is 2.65. The van der Waals surface area contributed by atoms with E-state index in [0.717, 1.165) is 48.3 Å². The molecule has 3 unspecified atom stereocenters. The molecule has 0 spiro atoms. The van der Waals surface area contributed by atoms with E-state index in [1.165, 1.54) is 23.1 Å². The minimum absolute atomic E-state index is 0.0277. The van der Waals surface area contributed by atoms with Crippen LogP contribution < -0.4 is 0 Å². The Kier molecular flexibility index (Phi) is 5.54. The molecular weight excluding hydrogens is 436 g/mol. The average Bonchev–Trinajstić information content (AvgIpc) is 3.11. The molecule has 0 aromatic heterocycles. The topological polar surface area (TPSA) is 40.5 Å². The van der Waals surface area contributed by atoms with Crippen molar-refractivity contribution in [3.8, 4) is 5.75 Å². The maximum atomic E-state index is 12.0. The summed E-state index contributed by atoms with van der Waals surface area (Å²) >= 11 is 1.66. The van der Waals surface area contributed by atoms with Crippen molar-refractivity contribution in [2.75, 3.05) is 0 Å². The van der Waals surface area contributed by atoms with Crippen LogP contribution in [0.4, 0.5) is 0 Å². The number of aryl methyl sites for hydroxylation is 1. The normalized spacial score (nSPS) is 32.0. The third-order valence-corrected chi connectivity index (χ3v) is 10.5. The lowest BCUT2D eigenvalue weighted by molar-refractivity contribution is -0.102. The summed E-state index contributed by atoms with van der Waals surface area (Å²) in [5.41, 5.74) is 3.39. The van der Waals surface area contributed by atoms with E-state index >= 15 is 0 Å². The van der Waals surface area contributed by atoms with Gasteiger partial charge in [-0.15, -0.1) is 0 Å². The van der Waals surface area contributed by atoms with Crippen LogP contribution in [0.5, 0.6) is 5.75 Å². The van der Waals surface area contributed by atoms with E-state index in [1.54, 1.807) is 11.8 Å². The summed E-state index contributed by atoms with van der Waals surface area (Å²) in [6, 6.07) is 25.2. The molecule has 5 atom stereocenters. The van der Waals surface area contributed by atoms with Gasteiger partial charge >= 0.3 is 0 Å². The van der Waals surface area contributed by atoms with Crippen LogP contribution >= 0.6 is 11.8 Å². The van der Waals surface area contributed by atoms with E-state index in [9.17, 15) is 10.2 Å². The summed E-state index contributed by atoms with van der Waals surface area (Å²) in [6.07, 6.45) is 7.20. The van der Waals surface area contributed by atoms with Gasteiger partial charge in [-0.1, -0.05) is 67.2 Å². The summed E-state index contributed by atoms with van der Waals surface area (Å²) in [6.45, 7) is 2.38. The molecule has 0 aliphatic heterocycles. The first-order valence-corrected chi connectivity index (χ1v) is 13.6. The highest BCUT2D eigenvalue weighted by molar-refractivity contribution is 7.99. The summed E-state index contributed by atoms with van der Waals surface area (Å²) < 4.78 is 0. The lowest BCUT2D eigenvalue weighted by Crippen LogP contribution is -2.51. The van der Waals surface area contributed by atoms with Crippen LogP contribution in [-0.2, 0) is 12.8 Å². The number of aliphatic hydroxyl groups is 1. The van der Waals surface area contributed by atoms with E-state index in [0.29, 0.717) is 23.5 Å². The number of phenols is 1. The number of benzene rings is 3. The van der Waals surface area contributed by atoms with Crippen molar-refractivity contribution in [3.05, 3.63) is 89.5 Å². The second-order valence-corrected chi connectivity index (χ2v) is 12.2. The molecule has 0 heterocycles. The number of rotatable bonds is 4. The Balaban J connectivity index is 1.29. The molecule has 176 valence electrons. The van der Waals surface area contributed by atoms with Gasteiger partial charge in [0.2, 0.25) is 0 Å². The molecule has 0 radical (unpaired) electrons. The predicted molar refractivity (Wildman–Crippen MR) is 138 cm³/mol. The molecular formula is C31H34O2S. The average molecular weight is 471 g/mol. The van der Waals surface area contributed by atoms with Gasteiger partial charge in [-0.25, -0.2) is 0 Å². The van der Waals surface area contributed by atoms with Crippen molar-refractivity contribution < 1.29 is 10.2 Å². The molecule has 2 fully saturated rings. The van der Waals surface area contributed by atoms with Crippen LogP contribution in [0.3, 0.4) is 0 Å². The molecule has 3 aromatic rings.